The van der Waals surface area contributed by atoms with E-state index in [-0.39, 0.29) is 24.5 Å². The van der Waals surface area contributed by atoms with Gasteiger partial charge in [0.05, 0.1) is 28.3 Å². The lowest BCUT2D eigenvalue weighted by atomic mass is 9.85. The molecular weight excluding hydrogens is 487 g/mol. The van der Waals surface area contributed by atoms with Crippen LogP contribution in [0.2, 0.25) is 10.0 Å². The third kappa shape index (κ3) is 4.70. The Morgan fingerprint density at radius 2 is 1.86 bits per heavy atom. The molecule has 0 radical (unpaired) electrons. The van der Waals surface area contributed by atoms with Crippen LogP contribution in [-0.4, -0.2) is 34.2 Å². The van der Waals surface area contributed by atoms with Gasteiger partial charge in [-0.05, 0) is 54.4 Å². The number of nitrogens with one attached hydrogen (secondary N) is 1. The Labute approximate surface area is 213 Å². The summed E-state index contributed by atoms with van der Waals surface area (Å²) in [5.74, 6) is -0.0542. The first-order chi connectivity index (χ1) is 17.0. The number of anilines is 1. The van der Waals surface area contributed by atoms with E-state index in [2.05, 4.69) is 15.3 Å². The molecule has 1 N–H and O–H groups in total. The molecule has 7 nitrogen and oxygen atoms in total. The van der Waals surface area contributed by atoms with Crippen LogP contribution in [0.1, 0.15) is 55.9 Å². The minimum atomic E-state index is -0.529. The summed E-state index contributed by atoms with van der Waals surface area (Å²) < 4.78 is 7.46. The van der Waals surface area contributed by atoms with E-state index in [0.717, 1.165) is 47.9 Å². The van der Waals surface area contributed by atoms with E-state index in [0.29, 0.717) is 34.5 Å². The molecule has 9 heteroatoms. The van der Waals surface area contributed by atoms with E-state index in [1.165, 1.54) is 6.34 Å². The van der Waals surface area contributed by atoms with Gasteiger partial charge in [0.15, 0.2) is 5.69 Å². The normalized spacial score (nSPS) is 14.6. The van der Waals surface area contributed by atoms with Gasteiger partial charge in [-0.2, -0.15) is 0 Å². The number of Topliss-reactive ketones (excluding diaryl/α,β-unsaturated/α-hetero) is 1. The molecule has 1 aromatic heterocycles. The summed E-state index contributed by atoms with van der Waals surface area (Å²) in [7, 11) is 0. The first-order valence-electron chi connectivity index (χ1n) is 11.6. The molecule has 2 aliphatic rings. The Bertz CT molecular complexity index is 1320. The average molecular weight is 511 g/mol. The minimum absolute atomic E-state index is 0.0714. The van der Waals surface area contributed by atoms with Gasteiger partial charge in [0.2, 0.25) is 5.78 Å². The quantitative estimate of drug-likeness (QED) is 0.454. The molecule has 2 heterocycles. The summed E-state index contributed by atoms with van der Waals surface area (Å²) in [6.07, 6.45) is 7.40. The fraction of sp³-hybridized carbons (Fsp3) is 0.308. The van der Waals surface area contributed by atoms with E-state index in [1.807, 2.05) is 34.9 Å². The highest BCUT2D eigenvalue weighted by atomic mass is 35.5. The number of ether oxygens (including phenoxy) is 1. The number of halogens is 2. The number of nitrogens with zero attached hydrogens (tertiary/aromatic N) is 3. The molecule has 1 aliphatic carbocycles. The highest BCUT2D eigenvalue weighted by molar-refractivity contribution is 6.40. The van der Waals surface area contributed by atoms with Crippen LogP contribution in [0, 0.1) is 0 Å². The van der Waals surface area contributed by atoms with Gasteiger partial charge in [0, 0.05) is 6.54 Å². The second-order valence-electron chi connectivity index (χ2n) is 8.63. The van der Waals surface area contributed by atoms with Crippen LogP contribution in [-0.2, 0) is 37.2 Å². The van der Waals surface area contributed by atoms with E-state index >= 15 is 0 Å². The molecular formula is C26H24Cl2N4O3. The smallest absolute Gasteiger partial charge is 0.341 e. The number of imidazole rings is 1. The predicted molar refractivity (Wildman–Crippen MR) is 136 cm³/mol. The van der Waals surface area contributed by atoms with E-state index in [9.17, 15) is 9.59 Å². The number of carbonyl (C=O) groups is 2. The highest BCUT2D eigenvalue weighted by Crippen LogP contribution is 2.40. The van der Waals surface area contributed by atoms with Crippen LogP contribution >= 0.6 is 23.2 Å². The van der Waals surface area contributed by atoms with E-state index in [1.54, 1.807) is 6.33 Å². The summed E-state index contributed by atoms with van der Waals surface area (Å²) in [4.78, 5) is 33.7. The van der Waals surface area contributed by atoms with Crippen molar-refractivity contribution in [1.29, 1.82) is 0 Å². The molecule has 2 aromatic carbocycles. The largest absolute Gasteiger partial charge is 0.457 e. The third-order valence-electron chi connectivity index (χ3n) is 6.45. The van der Waals surface area contributed by atoms with Gasteiger partial charge < -0.3 is 14.6 Å². The molecule has 35 heavy (non-hydrogen) atoms. The van der Waals surface area contributed by atoms with Gasteiger partial charge in [-0.3, -0.25) is 9.79 Å². The second-order valence-corrected chi connectivity index (χ2v) is 9.39. The number of esters is 1. The number of hydrogen-bond acceptors (Lipinski definition) is 6. The molecule has 0 atom stereocenters. The van der Waals surface area contributed by atoms with Gasteiger partial charge in [-0.1, -0.05) is 53.5 Å². The molecule has 5 rings (SSSR count). The maximum Gasteiger partial charge on any atom is 0.341 e. The Morgan fingerprint density at radius 1 is 1.09 bits per heavy atom. The molecule has 3 aromatic rings. The van der Waals surface area contributed by atoms with Crippen LogP contribution in [0.4, 0.5) is 5.82 Å². The summed E-state index contributed by atoms with van der Waals surface area (Å²) in [5, 5.41) is 3.78. The van der Waals surface area contributed by atoms with Gasteiger partial charge in [-0.25, -0.2) is 9.78 Å². The van der Waals surface area contributed by atoms with Crippen molar-refractivity contribution < 1.29 is 14.3 Å². The molecule has 0 fully saturated rings. The monoisotopic (exact) mass is 510 g/mol. The average Bonchev–Trinajstić information content (AvgIpc) is 3.19. The molecule has 0 saturated carbocycles. The Balaban J connectivity index is 1.45. The Kier molecular flexibility index (Phi) is 6.88. The van der Waals surface area contributed by atoms with Crippen molar-refractivity contribution in [3.8, 4) is 0 Å². The first kappa shape index (κ1) is 23.6. The second kappa shape index (κ2) is 10.2. The first-order valence-corrected chi connectivity index (χ1v) is 12.4. The number of aliphatic imine (C=N–C) groups is 1. The fourth-order valence-electron chi connectivity index (χ4n) is 4.70. The fourth-order valence-corrected chi connectivity index (χ4v) is 5.50. The number of hydrogen-bond donors (Lipinski definition) is 1. The highest BCUT2D eigenvalue weighted by Gasteiger charge is 2.28. The van der Waals surface area contributed by atoms with Gasteiger partial charge in [0.1, 0.15) is 19.0 Å². The van der Waals surface area contributed by atoms with Crippen molar-refractivity contribution in [3.05, 3.63) is 80.2 Å². The molecule has 0 unspecified atom stereocenters. The topological polar surface area (TPSA) is 85.6 Å². The van der Waals surface area contributed by atoms with Crippen LogP contribution in [0.25, 0.3) is 0 Å². The molecule has 180 valence electrons. The third-order valence-corrected chi connectivity index (χ3v) is 7.28. The summed E-state index contributed by atoms with van der Waals surface area (Å²) in [5.41, 5.74) is 4.48. The van der Waals surface area contributed by atoms with Crippen LogP contribution < -0.4 is 5.32 Å². The molecule has 0 spiro atoms. The number of rotatable bonds is 6. The lowest BCUT2D eigenvalue weighted by Crippen LogP contribution is -2.16. The van der Waals surface area contributed by atoms with Crippen molar-refractivity contribution >= 4 is 47.1 Å². The number of ketones is 1. The van der Waals surface area contributed by atoms with Crippen molar-refractivity contribution in [1.82, 2.24) is 9.55 Å². The number of fused-ring (bicyclic) bond motifs is 2. The summed E-state index contributed by atoms with van der Waals surface area (Å²) in [6.45, 7) is 0.728. The Morgan fingerprint density at radius 3 is 2.66 bits per heavy atom. The molecule has 1 aliphatic heterocycles. The van der Waals surface area contributed by atoms with E-state index in [4.69, 9.17) is 27.9 Å². The van der Waals surface area contributed by atoms with Gasteiger partial charge >= 0.3 is 5.97 Å². The van der Waals surface area contributed by atoms with Gasteiger partial charge in [0.25, 0.3) is 0 Å². The zero-order valence-electron chi connectivity index (χ0n) is 19.0. The number of benzene rings is 2. The van der Waals surface area contributed by atoms with E-state index < -0.39 is 5.97 Å². The number of aryl methyl sites for hydroxylation is 1. The van der Waals surface area contributed by atoms with Crippen molar-refractivity contribution in [2.24, 2.45) is 4.99 Å². The molecule has 0 amide bonds. The standard InChI is InChI=1S/C26H24Cl2N4O3/c27-22-18-9-5-4-8-17(18)19(10-11-32-15-31-24-20(33)12-29-14-30-25(24)32)23(28)21(22)26(34)35-13-16-6-2-1-3-7-16/h1-3,6-7,14-15H,4-5,8-13H2,(H,29,30). The van der Waals surface area contributed by atoms with Crippen molar-refractivity contribution in [3.63, 3.8) is 0 Å². The molecule has 0 saturated heterocycles. The zero-order valence-corrected chi connectivity index (χ0v) is 20.5. The van der Waals surface area contributed by atoms with Crippen molar-refractivity contribution in [2.45, 2.75) is 45.3 Å². The predicted octanol–water partition coefficient (Wildman–Crippen LogP) is 5.30. The van der Waals surface area contributed by atoms with Crippen LogP contribution in [0.15, 0.2) is 41.7 Å². The maximum atomic E-state index is 13.1. The SMILES string of the molecule is O=C1CN=CNc2c1ncn2CCc1c(Cl)c(C(=O)OCc2ccccc2)c(Cl)c2c1CCCC2. The van der Waals surface area contributed by atoms with Crippen LogP contribution in [0.5, 0.6) is 0 Å². The maximum absolute atomic E-state index is 13.1. The number of aromatic nitrogens is 2. The summed E-state index contributed by atoms with van der Waals surface area (Å²) >= 11 is 13.6. The lowest BCUT2D eigenvalue weighted by Gasteiger charge is -2.24. The van der Waals surface area contributed by atoms with Gasteiger partial charge in [-0.15, -0.1) is 0 Å². The summed E-state index contributed by atoms with van der Waals surface area (Å²) in [6, 6.07) is 9.49. The van der Waals surface area contributed by atoms with Crippen molar-refractivity contribution in [2.75, 3.05) is 11.9 Å². The lowest BCUT2D eigenvalue weighted by molar-refractivity contribution is 0.0472. The Hall–Kier alpha value is -3.16. The number of carbonyl (C=O) groups excluding carboxylic acids is 2. The van der Waals surface area contributed by atoms with Crippen LogP contribution in [0.3, 0.4) is 0 Å². The molecule has 0 bridgehead atoms. The minimum Gasteiger partial charge on any atom is -0.457 e. The zero-order chi connectivity index (χ0) is 24.4.